The molecule has 1 atom stereocenters. The van der Waals surface area contributed by atoms with Crippen LogP contribution in [0.2, 0.25) is 0 Å². The van der Waals surface area contributed by atoms with Gasteiger partial charge in [-0.2, -0.15) is 5.10 Å². The van der Waals surface area contributed by atoms with Crippen LogP contribution in [0.15, 0.2) is 53.7 Å². The minimum Gasteiger partial charge on any atom is -0.381 e. The normalized spacial score (nSPS) is 12.5. The standard InChI is InChI=1S/C23H26FN5O2/c1-14-8-9-20(12-21(14)24)26-23(30)17(4)31-28-22(25)19-7-5-6-18(11-19)13-29-16(3)10-15(2)27-29/h5-12,17H,13H2,1-4H3,(H2,25,28)(H,26,30). The van der Waals surface area contributed by atoms with Crippen LogP contribution in [-0.4, -0.2) is 27.6 Å². The maximum atomic E-state index is 13.6. The number of nitrogens with zero attached hydrogens (tertiary/aromatic N) is 3. The summed E-state index contributed by atoms with van der Waals surface area (Å²) in [5, 5.41) is 11.0. The molecule has 0 aliphatic rings. The summed E-state index contributed by atoms with van der Waals surface area (Å²) in [7, 11) is 0. The summed E-state index contributed by atoms with van der Waals surface area (Å²) in [6.45, 7) is 7.75. The van der Waals surface area contributed by atoms with Crippen LogP contribution < -0.4 is 11.1 Å². The van der Waals surface area contributed by atoms with Gasteiger partial charge in [0.05, 0.1) is 12.2 Å². The van der Waals surface area contributed by atoms with Crippen LogP contribution in [0.4, 0.5) is 10.1 Å². The fourth-order valence-corrected chi connectivity index (χ4v) is 2.99. The smallest absolute Gasteiger partial charge is 0.267 e. The Morgan fingerprint density at radius 3 is 2.68 bits per heavy atom. The van der Waals surface area contributed by atoms with E-state index < -0.39 is 17.8 Å². The molecule has 2 aromatic carbocycles. The van der Waals surface area contributed by atoms with Crippen molar-refractivity contribution in [2.45, 2.75) is 40.3 Å². The molecule has 7 nitrogen and oxygen atoms in total. The second kappa shape index (κ2) is 9.42. The van der Waals surface area contributed by atoms with E-state index in [1.165, 1.54) is 13.0 Å². The van der Waals surface area contributed by atoms with Gasteiger partial charge in [0.15, 0.2) is 5.84 Å². The minimum absolute atomic E-state index is 0.149. The number of aryl methyl sites for hydroxylation is 3. The maximum absolute atomic E-state index is 13.6. The largest absolute Gasteiger partial charge is 0.381 e. The van der Waals surface area contributed by atoms with Gasteiger partial charge < -0.3 is 15.9 Å². The molecule has 1 aromatic heterocycles. The Balaban J connectivity index is 1.63. The summed E-state index contributed by atoms with van der Waals surface area (Å²) >= 11 is 0. The average molecular weight is 423 g/mol. The topological polar surface area (TPSA) is 94.5 Å². The number of hydrogen-bond donors (Lipinski definition) is 2. The quantitative estimate of drug-likeness (QED) is 0.344. The highest BCUT2D eigenvalue weighted by atomic mass is 19.1. The number of benzene rings is 2. The van der Waals surface area contributed by atoms with Gasteiger partial charge in [0, 0.05) is 16.9 Å². The molecule has 3 rings (SSSR count). The molecular formula is C23H26FN5O2. The Morgan fingerprint density at radius 2 is 2.00 bits per heavy atom. The Bertz CT molecular complexity index is 1120. The monoisotopic (exact) mass is 423 g/mol. The van der Waals surface area contributed by atoms with Gasteiger partial charge in [-0.3, -0.25) is 9.48 Å². The number of rotatable bonds is 7. The van der Waals surface area contributed by atoms with Crippen LogP contribution in [0.5, 0.6) is 0 Å². The van der Waals surface area contributed by atoms with Gasteiger partial charge in [-0.1, -0.05) is 29.4 Å². The summed E-state index contributed by atoms with van der Waals surface area (Å²) in [5.74, 6) is -0.705. The summed E-state index contributed by atoms with van der Waals surface area (Å²) in [6.07, 6.45) is -0.916. The van der Waals surface area contributed by atoms with E-state index in [2.05, 4.69) is 15.6 Å². The van der Waals surface area contributed by atoms with E-state index in [0.29, 0.717) is 23.4 Å². The van der Waals surface area contributed by atoms with E-state index in [-0.39, 0.29) is 5.84 Å². The highest BCUT2D eigenvalue weighted by Gasteiger charge is 2.15. The lowest BCUT2D eigenvalue weighted by molar-refractivity contribution is -0.126. The molecule has 0 bridgehead atoms. The number of hydrogen-bond acceptors (Lipinski definition) is 4. The van der Waals surface area contributed by atoms with Gasteiger partial charge in [-0.05, 0) is 63.1 Å². The van der Waals surface area contributed by atoms with Crippen molar-refractivity contribution in [2.75, 3.05) is 5.32 Å². The third kappa shape index (κ3) is 5.69. The third-order valence-electron chi connectivity index (χ3n) is 4.78. The van der Waals surface area contributed by atoms with Crippen molar-refractivity contribution in [3.8, 4) is 0 Å². The summed E-state index contributed by atoms with van der Waals surface area (Å²) in [6, 6.07) is 14.0. The van der Waals surface area contributed by atoms with E-state index in [4.69, 9.17) is 10.6 Å². The maximum Gasteiger partial charge on any atom is 0.267 e. The molecular weight excluding hydrogens is 397 g/mol. The summed E-state index contributed by atoms with van der Waals surface area (Å²) in [4.78, 5) is 17.5. The Morgan fingerprint density at radius 1 is 1.23 bits per heavy atom. The number of aromatic nitrogens is 2. The lowest BCUT2D eigenvalue weighted by atomic mass is 10.1. The molecule has 0 radical (unpaired) electrons. The van der Waals surface area contributed by atoms with Gasteiger partial charge in [-0.15, -0.1) is 0 Å². The van der Waals surface area contributed by atoms with E-state index in [0.717, 1.165) is 17.0 Å². The van der Waals surface area contributed by atoms with Crippen molar-refractivity contribution in [3.63, 3.8) is 0 Å². The number of halogens is 1. The van der Waals surface area contributed by atoms with Crippen molar-refractivity contribution in [1.29, 1.82) is 0 Å². The molecule has 1 unspecified atom stereocenters. The minimum atomic E-state index is -0.916. The zero-order valence-electron chi connectivity index (χ0n) is 18.0. The van der Waals surface area contributed by atoms with Crippen LogP contribution in [0.25, 0.3) is 0 Å². The fraction of sp³-hybridized carbons (Fsp3) is 0.261. The first-order valence-corrected chi connectivity index (χ1v) is 9.89. The summed E-state index contributed by atoms with van der Waals surface area (Å²) in [5.41, 5.74) is 10.6. The molecule has 31 heavy (non-hydrogen) atoms. The second-order valence-corrected chi connectivity index (χ2v) is 7.46. The number of anilines is 1. The molecule has 0 saturated heterocycles. The first-order valence-electron chi connectivity index (χ1n) is 9.89. The van der Waals surface area contributed by atoms with E-state index in [9.17, 15) is 9.18 Å². The molecule has 8 heteroatoms. The van der Waals surface area contributed by atoms with E-state index in [1.807, 2.05) is 48.9 Å². The molecule has 0 aliphatic carbocycles. The fourth-order valence-electron chi connectivity index (χ4n) is 2.99. The van der Waals surface area contributed by atoms with E-state index >= 15 is 0 Å². The highest BCUT2D eigenvalue weighted by Crippen LogP contribution is 2.14. The Hall–Kier alpha value is -3.68. The molecule has 0 aliphatic heterocycles. The first kappa shape index (κ1) is 22.0. The average Bonchev–Trinajstić information content (AvgIpc) is 3.05. The number of amidine groups is 1. The van der Waals surface area contributed by atoms with Crippen LogP contribution in [-0.2, 0) is 16.2 Å². The van der Waals surface area contributed by atoms with Crippen molar-refractivity contribution in [3.05, 3.63) is 82.4 Å². The van der Waals surface area contributed by atoms with Crippen molar-refractivity contribution < 1.29 is 14.0 Å². The zero-order valence-corrected chi connectivity index (χ0v) is 18.0. The highest BCUT2D eigenvalue weighted by molar-refractivity contribution is 5.97. The Kier molecular flexibility index (Phi) is 6.69. The third-order valence-corrected chi connectivity index (χ3v) is 4.78. The molecule has 1 amide bonds. The zero-order chi connectivity index (χ0) is 22.5. The number of carbonyl (C=O) groups is 1. The molecule has 0 spiro atoms. The van der Waals surface area contributed by atoms with Crippen LogP contribution in [0.1, 0.15) is 35.0 Å². The van der Waals surface area contributed by atoms with Crippen molar-refractivity contribution in [2.24, 2.45) is 10.9 Å². The number of carbonyl (C=O) groups excluding carboxylic acids is 1. The molecule has 1 heterocycles. The molecule has 0 saturated carbocycles. The molecule has 162 valence electrons. The second-order valence-electron chi connectivity index (χ2n) is 7.46. The van der Waals surface area contributed by atoms with Gasteiger partial charge in [0.2, 0.25) is 6.10 Å². The number of nitrogens with one attached hydrogen (secondary N) is 1. The van der Waals surface area contributed by atoms with Gasteiger partial charge in [0.25, 0.3) is 5.91 Å². The molecule has 3 N–H and O–H groups in total. The van der Waals surface area contributed by atoms with Crippen LogP contribution in [0, 0.1) is 26.6 Å². The van der Waals surface area contributed by atoms with Gasteiger partial charge in [0.1, 0.15) is 5.82 Å². The first-order chi connectivity index (χ1) is 14.7. The van der Waals surface area contributed by atoms with Crippen molar-refractivity contribution in [1.82, 2.24) is 9.78 Å². The van der Waals surface area contributed by atoms with Crippen LogP contribution in [0.3, 0.4) is 0 Å². The number of oxime groups is 1. The SMILES string of the molecule is Cc1cc(C)n(Cc2cccc(C(N)=NOC(C)C(=O)Nc3ccc(C)c(F)c3)c2)n1. The number of nitrogens with two attached hydrogens (primary N) is 1. The predicted octanol–water partition coefficient (Wildman–Crippen LogP) is 3.66. The van der Waals surface area contributed by atoms with E-state index in [1.54, 1.807) is 19.1 Å². The lowest BCUT2D eigenvalue weighted by Crippen LogP contribution is -2.27. The predicted molar refractivity (Wildman–Crippen MR) is 118 cm³/mol. The lowest BCUT2D eigenvalue weighted by Gasteiger charge is -2.12. The van der Waals surface area contributed by atoms with Crippen molar-refractivity contribution >= 4 is 17.4 Å². The number of amides is 1. The summed E-state index contributed by atoms with van der Waals surface area (Å²) < 4.78 is 15.6. The molecule has 3 aromatic rings. The van der Waals surface area contributed by atoms with Gasteiger partial charge >= 0.3 is 0 Å². The van der Waals surface area contributed by atoms with Crippen LogP contribution >= 0.6 is 0 Å². The van der Waals surface area contributed by atoms with Gasteiger partial charge in [-0.25, -0.2) is 4.39 Å². The Labute approximate surface area is 180 Å². The molecule has 0 fully saturated rings.